The Labute approximate surface area is 113 Å². The maximum absolute atomic E-state index is 11.6. The van der Waals surface area contributed by atoms with Gasteiger partial charge in [0.1, 0.15) is 0 Å². The summed E-state index contributed by atoms with van der Waals surface area (Å²) in [5, 5.41) is 15.4. The molecule has 1 aromatic heterocycles. The molecule has 0 saturated carbocycles. The van der Waals surface area contributed by atoms with Crippen LogP contribution in [-0.2, 0) is 6.42 Å². The number of aromatic amines is 1. The Morgan fingerprint density at radius 3 is 2.74 bits per heavy atom. The average Bonchev–Trinajstić information content (AvgIpc) is 2.36. The number of carboxylic acids is 1. The fourth-order valence-corrected chi connectivity index (χ4v) is 1.97. The number of nitrogens with one attached hydrogen (secondary N) is 1. The highest BCUT2D eigenvalue weighted by Gasteiger charge is 2.09. The van der Waals surface area contributed by atoms with Crippen LogP contribution in [0.2, 0.25) is 5.02 Å². The first-order valence-electron chi connectivity index (χ1n) is 5.54. The summed E-state index contributed by atoms with van der Waals surface area (Å²) in [6, 6.07) is 6.13. The number of benzene rings is 1. The van der Waals surface area contributed by atoms with Gasteiger partial charge in [-0.1, -0.05) is 17.7 Å². The Balaban J connectivity index is 2.36. The van der Waals surface area contributed by atoms with E-state index in [1.54, 1.807) is 19.1 Å². The summed E-state index contributed by atoms with van der Waals surface area (Å²) in [7, 11) is 0. The minimum absolute atomic E-state index is 0.119. The average molecular weight is 279 g/mol. The molecule has 0 aliphatic rings. The molecule has 0 fully saturated rings. The molecule has 98 valence electrons. The molecule has 2 N–H and O–H groups in total. The number of halogens is 1. The van der Waals surface area contributed by atoms with Crippen molar-refractivity contribution in [3.8, 4) is 0 Å². The second-order valence-corrected chi connectivity index (χ2v) is 4.56. The van der Waals surface area contributed by atoms with Gasteiger partial charge in [-0.3, -0.25) is 4.79 Å². The fourth-order valence-electron chi connectivity index (χ4n) is 1.72. The molecular formula is C13H11ClN2O3. The van der Waals surface area contributed by atoms with Crippen LogP contribution in [0.15, 0.2) is 29.1 Å². The van der Waals surface area contributed by atoms with Crippen LogP contribution in [0.5, 0.6) is 0 Å². The molecule has 1 heterocycles. The molecule has 1 aromatic carbocycles. The van der Waals surface area contributed by atoms with E-state index in [0.29, 0.717) is 28.3 Å². The minimum atomic E-state index is -1.04. The molecular weight excluding hydrogens is 268 g/mol. The lowest BCUT2D eigenvalue weighted by Gasteiger charge is -2.05. The molecule has 0 spiro atoms. The number of aryl methyl sites for hydroxylation is 1. The van der Waals surface area contributed by atoms with Crippen molar-refractivity contribution in [3.63, 3.8) is 0 Å². The van der Waals surface area contributed by atoms with Gasteiger partial charge in [0.25, 0.3) is 5.56 Å². The van der Waals surface area contributed by atoms with Crippen molar-refractivity contribution < 1.29 is 9.90 Å². The number of carboxylic acid groups (broad SMARTS) is 1. The van der Waals surface area contributed by atoms with E-state index in [4.69, 9.17) is 16.7 Å². The Hall–Kier alpha value is -2.14. The minimum Gasteiger partial charge on any atom is -0.478 e. The zero-order chi connectivity index (χ0) is 14.0. The van der Waals surface area contributed by atoms with Crippen LogP contribution in [0.3, 0.4) is 0 Å². The van der Waals surface area contributed by atoms with Gasteiger partial charge in [-0.25, -0.2) is 9.89 Å². The number of H-pyrrole nitrogens is 1. The summed E-state index contributed by atoms with van der Waals surface area (Å²) >= 11 is 6.02. The summed E-state index contributed by atoms with van der Waals surface area (Å²) in [5.74, 6) is -1.04. The van der Waals surface area contributed by atoms with Crippen LogP contribution in [0, 0.1) is 6.92 Å². The Morgan fingerprint density at radius 1 is 1.37 bits per heavy atom. The Morgan fingerprint density at radius 2 is 2.11 bits per heavy atom. The summed E-state index contributed by atoms with van der Waals surface area (Å²) in [4.78, 5) is 22.4. The molecule has 2 aromatic rings. The fraction of sp³-hybridized carbons (Fsp3) is 0.154. The summed E-state index contributed by atoms with van der Waals surface area (Å²) in [6.45, 7) is 1.77. The van der Waals surface area contributed by atoms with Crippen LogP contribution < -0.4 is 5.56 Å². The van der Waals surface area contributed by atoms with Crippen LogP contribution in [-0.4, -0.2) is 21.3 Å². The predicted molar refractivity (Wildman–Crippen MR) is 70.8 cm³/mol. The van der Waals surface area contributed by atoms with E-state index in [1.165, 1.54) is 12.1 Å². The number of nitrogens with zero attached hydrogens (tertiary/aromatic N) is 1. The van der Waals surface area contributed by atoms with Crippen molar-refractivity contribution in [2.75, 3.05) is 0 Å². The lowest BCUT2D eigenvalue weighted by atomic mass is 10.0. The SMILES string of the molecule is Cc1cc(Cc2ccc(C(=O)O)cc2Cl)c(=O)[nH]n1. The van der Waals surface area contributed by atoms with Crippen LogP contribution in [0.1, 0.15) is 27.2 Å². The van der Waals surface area contributed by atoms with E-state index in [-0.39, 0.29) is 11.1 Å². The number of carbonyl (C=O) groups is 1. The van der Waals surface area contributed by atoms with Gasteiger partial charge >= 0.3 is 5.97 Å². The van der Waals surface area contributed by atoms with E-state index in [9.17, 15) is 9.59 Å². The molecule has 5 nitrogen and oxygen atoms in total. The Bertz CT molecular complexity index is 695. The number of aromatic carboxylic acids is 1. The van der Waals surface area contributed by atoms with E-state index < -0.39 is 5.97 Å². The molecule has 0 amide bonds. The maximum atomic E-state index is 11.6. The third-order valence-electron chi connectivity index (χ3n) is 2.69. The number of aromatic nitrogens is 2. The van der Waals surface area contributed by atoms with E-state index in [0.717, 1.165) is 0 Å². The quantitative estimate of drug-likeness (QED) is 0.900. The topological polar surface area (TPSA) is 83.0 Å². The molecule has 0 aliphatic heterocycles. The van der Waals surface area contributed by atoms with Gasteiger partial charge in [0, 0.05) is 17.0 Å². The second-order valence-electron chi connectivity index (χ2n) is 4.15. The van der Waals surface area contributed by atoms with Crippen molar-refractivity contribution in [2.24, 2.45) is 0 Å². The second kappa shape index (κ2) is 5.24. The highest BCUT2D eigenvalue weighted by Crippen LogP contribution is 2.20. The molecule has 0 bridgehead atoms. The molecule has 0 unspecified atom stereocenters. The van der Waals surface area contributed by atoms with Crippen LogP contribution >= 0.6 is 11.6 Å². The van der Waals surface area contributed by atoms with Crippen molar-refractivity contribution >= 4 is 17.6 Å². The molecule has 0 radical (unpaired) electrons. The van der Waals surface area contributed by atoms with E-state index in [1.807, 2.05) is 0 Å². The van der Waals surface area contributed by atoms with Crippen LogP contribution in [0.4, 0.5) is 0 Å². The van der Waals surface area contributed by atoms with Gasteiger partial charge in [0.15, 0.2) is 0 Å². The van der Waals surface area contributed by atoms with Crippen molar-refractivity contribution in [1.82, 2.24) is 10.2 Å². The van der Waals surface area contributed by atoms with Gasteiger partial charge in [-0.15, -0.1) is 0 Å². The smallest absolute Gasteiger partial charge is 0.335 e. The van der Waals surface area contributed by atoms with Gasteiger partial charge in [0.05, 0.1) is 11.3 Å². The van der Waals surface area contributed by atoms with Gasteiger partial charge in [-0.05, 0) is 30.7 Å². The summed E-state index contributed by atoms with van der Waals surface area (Å²) in [6.07, 6.45) is 0.331. The van der Waals surface area contributed by atoms with Crippen molar-refractivity contribution in [1.29, 1.82) is 0 Å². The molecule has 2 rings (SSSR count). The van der Waals surface area contributed by atoms with Gasteiger partial charge in [-0.2, -0.15) is 5.10 Å². The molecule has 0 aliphatic carbocycles. The Kier molecular flexibility index (Phi) is 3.66. The summed E-state index contributed by atoms with van der Waals surface area (Å²) in [5.41, 5.74) is 1.78. The first-order valence-corrected chi connectivity index (χ1v) is 5.92. The lowest BCUT2D eigenvalue weighted by molar-refractivity contribution is 0.0697. The number of rotatable bonds is 3. The third kappa shape index (κ3) is 3.00. The molecule has 0 atom stereocenters. The molecule has 0 saturated heterocycles. The van der Waals surface area contributed by atoms with Crippen LogP contribution in [0.25, 0.3) is 0 Å². The first kappa shape index (κ1) is 13.3. The molecule has 19 heavy (non-hydrogen) atoms. The van der Waals surface area contributed by atoms with Gasteiger partial charge < -0.3 is 5.11 Å². The normalized spacial score (nSPS) is 10.4. The number of hydrogen-bond donors (Lipinski definition) is 2. The standard InChI is InChI=1S/C13H11ClN2O3/c1-7-4-10(12(17)16-15-7)5-8-2-3-9(13(18)19)6-11(8)14/h2-4,6H,5H2,1H3,(H,16,17)(H,18,19). The zero-order valence-corrected chi connectivity index (χ0v) is 10.9. The van der Waals surface area contributed by atoms with E-state index >= 15 is 0 Å². The molecule has 6 heteroatoms. The largest absolute Gasteiger partial charge is 0.478 e. The zero-order valence-electron chi connectivity index (χ0n) is 10.1. The monoisotopic (exact) mass is 278 g/mol. The predicted octanol–water partition coefficient (Wildman–Crippen LogP) is 2.02. The maximum Gasteiger partial charge on any atom is 0.335 e. The highest BCUT2D eigenvalue weighted by atomic mass is 35.5. The third-order valence-corrected chi connectivity index (χ3v) is 3.04. The van der Waals surface area contributed by atoms with Crippen molar-refractivity contribution in [3.05, 3.63) is 62.0 Å². The van der Waals surface area contributed by atoms with Crippen molar-refractivity contribution in [2.45, 2.75) is 13.3 Å². The van der Waals surface area contributed by atoms with Gasteiger partial charge in [0.2, 0.25) is 0 Å². The summed E-state index contributed by atoms with van der Waals surface area (Å²) < 4.78 is 0. The van der Waals surface area contributed by atoms with E-state index in [2.05, 4.69) is 10.2 Å². The highest BCUT2D eigenvalue weighted by molar-refractivity contribution is 6.31. The number of hydrogen-bond acceptors (Lipinski definition) is 3. The lowest BCUT2D eigenvalue weighted by Crippen LogP contribution is -2.15. The first-order chi connectivity index (χ1) is 8.97.